The second-order valence-corrected chi connectivity index (χ2v) is 5.37. The zero-order valence-electron chi connectivity index (χ0n) is 13.7. The van der Waals surface area contributed by atoms with Gasteiger partial charge in [0.2, 0.25) is 0 Å². The van der Waals surface area contributed by atoms with E-state index in [9.17, 15) is 9.59 Å². The van der Waals surface area contributed by atoms with Gasteiger partial charge in [-0.25, -0.2) is 4.79 Å². The minimum Gasteiger partial charge on any atom is -0.497 e. The van der Waals surface area contributed by atoms with Gasteiger partial charge in [0.1, 0.15) is 11.5 Å². The van der Waals surface area contributed by atoms with Crippen LogP contribution in [0.5, 0.6) is 5.75 Å². The van der Waals surface area contributed by atoms with E-state index in [2.05, 4.69) is 10.5 Å². The molecule has 7 heteroatoms. The third-order valence-electron chi connectivity index (χ3n) is 3.51. The monoisotopic (exact) mass is 340 g/mol. The van der Waals surface area contributed by atoms with Crippen LogP contribution in [0.1, 0.15) is 16.1 Å². The average Bonchev–Trinajstić information content (AvgIpc) is 3.03. The molecule has 3 aromatic rings. The molecule has 2 aromatic carbocycles. The maximum Gasteiger partial charge on any atom is 0.338 e. The second-order valence-electron chi connectivity index (χ2n) is 5.37. The predicted molar refractivity (Wildman–Crippen MR) is 90.7 cm³/mol. The molecule has 1 aromatic heterocycles. The van der Waals surface area contributed by atoms with Gasteiger partial charge in [0, 0.05) is 6.07 Å². The van der Waals surface area contributed by atoms with E-state index in [1.54, 1.807) is 38.3 Å². The summed E-state index contributed by atoms with van der Waals surface area (Å²) in [6.45, 7) is 1.30. The number of aromatic nitrogens is 1. The van der Waals surface area contributed by atoms with Crippen LogP contribution in [0.3, 0.4) is 0 Å². The van der Waals surface area contributed by atoms with Crippen molar-refractivity contribution in [3.63, 3.8) is 0 Å². The zero-order valence-corrected chi connectivity index (χ0v) is 13.7. The van der Waals surface area contributed by atoms with Crippen LogP contribution in [0.2, 0.25) is 0 Å². The standard InChI is InChI=1S/C18H16N2O5/c1-11-7-16(20-25-11)19-17(21)10-24-18(22)14-4-3-13-9-15(23-2)6-5-12(13)8-14/h3-9H,10H2,1-2H3,(H,19,20,21). The highest BCUT2D eigenvalue weighted by molar-refractivity contribution is 5.98. The number of hydrogen-bond acceptors (Lipinski definition) is 6. The quantitative estimate of drug-likeness (QED) is 0.718. The number of aryl methyl sites for hydroxylation is 1. The normalized spacial score (nSPS) is 10.5. The van der Waals surface area contributed by atoms with Gasteiger partial charge in [0.05, 0.1) is 12.7 Å². The van der Waals surface area contributed by atoms with Gasteiger partial charge in [-0.05, 0) is 42.0 Å². The minimum atomic E-state index is -0.579. The highest BCUT2D eigenvalue weighted by Gasteiger charge is 2.12. The number of carbonyl (C=O) groups is 2. The maximum absolute atomic E-state index is 12.1. The summed E-state index contributed by atoms with van der Waals surface area (Å²) in [6, 6.07) is 12.2. The number of fused-ring (bicyclic) bond motifs is 1. The fraction of sp³-hybridized carbons (Fsp3) is 0.167. The van der Waals surface area contributed by atoms with Crippen LogP contribution in [-0.2, 0) is 9.53 Å². The van der Waals surface area contributed by atoms with E-state index in [-0.39, 0.29) is 5.82 Å². The van der Waals surface area contributed by atoms with Crippen LogP contribution in [0.25, 0.3) is 10.8 Å². The van der Waals surface area contributed by atoms with Gasteiger partial charge in [-0.2, -0.15) is 0 Å². The number of carbonyl (C=O) groups excluding carboxylic acids is 2. The molecule has 0 unspecified atom stereocenters. The van der Waals surface area contributed by atoms with Crippen molar-refractivity contribution in [2.75, 3.05) is 19.0 Å². The van der Waals surface area contributed by atoms with E-state index in [4.69, 9.17) is 14.0 Å². The summed E-state index contributed by atoms with van der Waals surface area (Å²) in [6.07, 6.45) is 0. The third-order valence-corrected chi connectivity index (χ3v) is 3.51. The minimum absolute atomic E-state index is 0.276. The molecule has 7 nitrogen and oxygen atoms in total. The molecule has 128 valence electrons. The SMILES string of the molecule is COc1ccc2cc(C(=O)OCC(=O)Nc3cc(C)on3)ccc2c1. The van der Waals surface area contributed by atoms with Crippen molar-refractivity contribution in [1.82, 2.24) is 5.16 Å². The first-order valence-corrected chi connectivity index (χ1v) is 7.53. The molecule has 0 aliphatic carbocycles. The Morgan fingerprint density at radius 1 is 1.12 bits per heavy atom. The Bertz CT molecular complexity index is 932. The molecule has 0 saturated heterocycles. The first kappa shape index (κ1) is 16.5. The van der Waals surface area contributed by atoms with Crippen molar-refractivity contribution in [1.29, 1.82) is 0 Å². The molecule has 0 radical (unpaired) electrons. The number of anilines is 1. The zero-order chi connectivity index (χ0) is 17.8. The fourth-order valence-electron chi connectivity index (χ4n) is 2.30. The molecule has 0 saturated carbocycles. The van der Waals surface area contributed by atoms with E-state index in [1.807, 2.05) is 18.2 Å². The summed E-state index contributed by atoms with van der Waals surface area (Å²) >= 11 is 0. The van der Waals surface area contributed by atoms with Gasteiger partial charge in [-0.1, -0.05) is 17.3 Å². The molecule has 3 rings (SSSR count). The van der Waals surface area contributed by atoms with Gasteiger partial charge in [0.15, 0.2) is 12.4 Å². The Kier molecular flexibility index (Phi) is 4.65. The molecule has 1 N–H and O–H groups in total. The van der Waals surface area contributed by atoms with Gasteiger partial charge in [0.25, 0.3) is 5.91 Å². The predicted octanol–water partition coefficient (Wildman–Crippen LogP) is 2.94. The Morgan fingerprint density at radius 3 is 2.60 bits per heavy atom. The molecule has 0 fully saturated rings. The van der Waals surface area contributed by atoms with Crippen molar-refractivity contribution >= 4 is 28.5 Å². The molecule has 0 atom stereocenters. The Hall–Kier alpha value is -3.35. The average molecular weight is 340 g/mol. The van der Waals surface area contributed by atoms with Gasteiger partial charge in [-0.3, -0.25) is 4.79 Å². The van der Waals surface area contributed by atoms with Gasteiger partial charge >= 0.3 is 5.97 Å². The lowest BCUT2D eigenvalue weighted by molar-refractivity contribution is -0.119. The summed E-state index contributed by atoms with van der Waals surface area (Å²) < 4.78 is 15.0. The molecule has 1 heterocycles. The van der Waals surface area contributed by atoms with Crippen molar-refractivity contribution in [3.05, 3.63) is 53.8 Å². The molecule has 0 aliphatic rings. The topological polar surface area (TPSA) is 90.7 Å². The lowest BCUT2D eigenvalue weighted by Crippen LogP contribution is -2.21. The highest BCUT2D eigenvalue weighted by Crippen LogP contribution is 2.22. The van der Waals surface area contributed by atoms with E-state index >= 15 is 0 Å². The number of methoxy groups -OCH3 is 1. The van der Waals surface area contributed by atoms with Crippen LogP contribution in [-0.4, -0.2) is 30.7 Å². The number of esters is 1. The molecule has 25 heavy (non-hydrogen) atoms. The molecule has 0 spiro atoms. The Balaban J connectivity index is 1.62. The fourth-order valence-corrected chi connectivity index (χ4v) is 2.30. The van der Waals surface area contributed by atoms with Crippen molar-refractivity contribution < 1.29 is 23.6 Å². The smallest absolute Gasteiger partial charge is 0.338 e. The molecular formula is C18H16N2O5. The van der Waals surface area contributed by atoms with Gasteiger partial charge in [-0.15, -0.1) is 0 Å². The third kappa shape index (κ3) is 3.95. The van der Waals surface area contributed by atoms with Crippen LogP contribution in [0, 0.1) is 6.92 Å². The van der Waals surface area contributed by atoms with Crippen LogP contribution >= 0.6 is 0 Å². The lowest BCUT2D eigenvalue weighted by Gasteiger charge is -2.06. The van der Waals surface area contributed by atoms with E-state index in [1.165, 1.54) is 0 Å². The van der Waals surface area contributed by atoms with E-state index in [0.717, 1.165) is 16.5 Å². The maximum atomic E-state index is 12.1. The number of nitrogens with zero attached hydrogens (tertiary/aromatic N) is 1. The Morgan fingerprint density at radius 2 is 1.88 bits per heavy atom. The van der Waals surface area contributed by atoms with E-state index < -0.39 is 18.5 Å². The summed E-state index contributed by atoms with van der Waals surface area (Å²) in [5.41, 5.74) is 0.364. The van der Waals surface area contributed by atoms with E-state index in [0.29, 0.717) is 11.3 Å². The number of ether oxygens (including phenoxy) is 2. The number of nitrogens with one attached hydrogen (secondary N) is 1. The van der Waals surface area contributed by atoms with Crippen molar-refractivity contribution in [3.8, 4) is 5.75 Å². The van der Waals surface area contributed by atoms with Gasteiger partial charge < -0.3 is 19.3 Å². The largest absolute Gasteiger partial charge is 0.497 e. The number of benzene rings is 2. The van der Waals surface area contributed by atoms with Crippen LogP contribution < -0.4 is 10.1 Å². The molecular weight excluding hydrogens is 324 g/mol. The number of hydrogen-bond donors (Lipinski definition) is 1. The second kappa shape index (κ2) is 7.04. The summed E-state index contributed by atoms with van der Waals surface area (Å²) in [5.74, 6) is 0.511. The highest BCUT2D eigenvalue weighted by atomic mass is 16.5. The summed E-state index contributed by atoms with van der Waals surface area (Å²) in [5, 5.41) is 7.92. The van der Waals surface area contributed by atoms with Crippen molar-refractivity contribution in [2.45, 2.75) is 6.92 Å². The summed E-state index contributed by atoms with van der Waals surface area (Å²) in [4.78, 5) is 23.9. The van der Waals surface area contributed by atoms with Crippen LogP contribution in [0.4, 0.5) is 5.82 Å². The summed E-state index contributed by atoms with van der Waals surface area (Å²) in [7, 11) is 1.60. The lowest BCUT2D eigenvalue weighted by atomic mass is 10.1. The number of rotatable bonds is 5. The Labute approximate surface area is 143 Å². The number of amides is 1. The first-order chi connectivity index (χ1) is 12.0. The molecule has 1 amide bonds. The molecule has 0 bridgehead atoms. The van der Waals surface area contributed by atoms with Crippen molar-refractivity contribution in [2.24, 2.45) is 0 Å². The first-order valence-electron chi connectivity index (χ1n) is 7.53. The van der Waals surface area contributed by atoms with Crippen LogP contribution in [0.15, 0.2) is 47.0 Å². The molecule has 0 aliphatic heterocycles.